The second-order valence-electron chi connectivity index (χ2n) is 11.0. The average molecular weight is 533 g/mol. The van der Waals surface area contributed by atoms with E-state index in [1.54, 1.807) is 14.2 Å². The maximum absolute atomic E-state index is 10.0. The number of hydrogen-bond donors (Lipinski definition) is 4. The monoisotopic (exact) mass is 532 g/mol. The van der Waals surface area contributed by atoms with Crippen LogP contribution in [-0.4, -0.2) is 47.7 Å². The van der Waals surface area contributed by atoms with E-state index in [2.05, 4.69) is 54.3 Å². The molecule has 8 nitrogen and oxygen atoms in total. The lowest BCUT2D eigenvalue weighted by atomic mass is 9.83. The number of nitrogens with zero attached hydrogens (tertiary/aromatic N) is 2. The van der Waals surface area contributed by atoms with E-state index >= 15 is 0 Å². The highest BCUT2D eigenvalue weighted by Gasteiger charge is 2.30. The summed E-state index contributed by atoms with van der Waals surface area (Å²) < 4.78 is 11.8. The Hall–Kier alpha value is -3.46. The number of aliphatic hydroxyl groups excluding tert-OH is 1. The standard InChI is InChI=1S/C31H40N4O4/c1-19-7-8-21(26(15-29(36)37)25-10-11-27(33-5)30(34-32)20(25)2)13-22(19)16-35-17-23-14-24(38-6)9-12-28(23)39-31(3,4)18-35/h7-14,26,29,32-33,36-37H,15-18H2,1-6H3/t26-/m1/s1. The third-order valence-corrected chi connectivity index (χ3v) is 7.50. The van der Waals surface area contributed by atoms with E-state index in [0.29, 0.717) is 12.2 Å². The summed E-state index contributed by atoms with van der Waals surface area (Å²) in [6, 6.07) is 16.2. The second kappa shape index (κ2) is 11.7. The lowest BCUT2D eigenvalue weighted by molar-refractivity contribution is -0.0477. The van der Waals surface area contributed by atoms with E-state index in [0.717, 1.165) is 52.5 Å². The van der Waals surface area contributed by atoms with Crippen molar-refractivity contribution in [3.05, 3.63) is 81.9 Å². The van der Waals surface area contributed by atoms with Crippen LogP contribution in [-0.2, 0) is 13.1 Å². The van der Waals surface area contributed by atoms with Gasteiger partial charge in [-0.3, -0.25) is 4.90 Å². The first-order chi connectivity index (χ1) is 18.5. The van der Waals surface area contributed by atoms with Crippen LogP contribution >= 0.6 is 0 Å². The predicted molar refractivity (Wildman–Crippen MR) is 153 cm³/mol. The molecule has 0 amide bonds. The minimum absolute atomic E-state index is 0.136. The van der Waals surface area contributed by atoms with Gasteiger partial charge in [0.1, 0.15) is 22.8 Å². The molecule has 0 saturated heterocycles. The number of ether oxygens (including phenoxy) is 2. The first-order valence-corrected chi connectivity index (χ1v) is 13.3. The molecule has 0 radical (unpaired) electrons. The fraction of sp³-hybridized carbons (Fsp3) is 0.419. The zero-order chi connectivity index (χ0) is 28.3. The van der Waals surface area contributed by atoms with Gasteiger partial charge in [0.05, 0.1) is 12.8 Å². The fourth-order valence-corrected chi connectivity index (χ4v) is 5.59. The van der Waals surface area contributed by atoms with Crippen LogP contribution in [0.5, 0.6) is 11.5 Å². The van der Waals surface area contributed by atoms with Crippen molar-refractivity contribution in [1.82, 2.24) is 4.90 Å². The van der Waals surface area contributed by atoms with Gasteiger partial charge in [-0.15, -0.1) is 0 Å². The third kappa shape index (κ3) is 6.41. The van der Waals surface area contributed by atoms with Crippen molar-refractivity contribution in [1.29, 1.82) is 5.53 Å². The summed E-state index contributed by atoms with van der Waals surface area (Å²) in [5.74, 6) is 1.41. The zero-order valence-corrected chi connectivity index (χ0v) is 23.7. The van der Waals surface area contributed by atoms with Gasteiger partial charge in [0, 0.05) is 44.6 Å². The highest BCUT2D eigenvalue weighted by atomic mass is 16.5. The number of benzene rings is 3. The molecule has 0 spiro atoms. The lowest BCUT2D eigenvalue weighted by Gasteiger charge is -2.30. The van der Waals surface area contributed by atoms with E-state index in [9.17, 15) is 10.2 Å². The van der Waals surface area contributed by atoms with Gasteiger partial charge in [0.25, 0.3) is 0 Å². The zero-order valence-electron chi connectivity index (χ0n) is 23.7. The lowest BCUT2D eigenvalue weighted by Crippen LogP contribution is -2.40. The molecule has 0 unspecified atom stereocenters. The SMILES string of the molecule is CNc1ccc([C@H](CC(O)O)c2ccc(C)c(CN3Cc4cc(OC)ccc4OC(C)(C)C3)c2)c(C)c1N=N. The Morgan fingerprint density at radius 1 is 1.13 bits per heavy atom. The smallest absolute Gasteiger partial charge is 0.152 e. The summed E-state index contributed by atoms with van der Waals surface area (Å²) in [5, 5.41) is 26.9. The molecule has 4 N–H and O–H groups in total. The number of rotatable bonds is 9. The van der Waals surface area contributed by atoms with Gasteiger partial charge in [-0.1, -0.05) is 24.3 Å². The molecule has 3 aromatic carbocycles. The number of nitrogens with one attached hydrogen (secondary N) is 2. The van der Waals surface area contributed by atoms with Gasteiger partial charge in [0.15, 0.2) is 6.29 Å². The molecule has 1 heterocycles. The number of fused-ring (bicyclic) bond motifs is 1. The number of hydrogen-bond acceptors (Lipinski definition) is 8. The molecule has 1 aliphatic rings. The summed E-state index contributed by atoms with van der Waals surface area (Å²) >= 11 is 0. The van der Waals surface area contributed by atoms with Crippen molar-refractivity contribution in [3.63, 3.8) is 0 Å². The highest BCUT2D eigenvalue weighted by Crippen LogP contribution is 2.39. The summed E-state index contributed by atoms with van der Waals surface area (Å²) in [6.45, 7) is 10.4. The summed E-state index contributed by atoms with van der Waals surface area (Å²) in [6.07, 6.45) is -1.34. The number of aryl methyl sites for hydroxylation is 1. The Morgan fingerprint density at radius 2 is 1.90 bits per heavy atom. The normalized spacial score (nSPS) is 15.7. The number of aliphatic hydroxyl groups is 2. The van der Waals surface area contributed by atoms with Crippen molar-refractivity contribution >= 4 is 11.4 Å². The molecular formula is C31H40N4O4. The average Bonchev–Trinajstić information content (AvgIpc) is 3.01. The summed E-state index contributed by atoms with van der Waals surface area (Å²) in [5.41, 5.74) is 14.8. The predicted octanol–water partition coefficient (Wildman–Crippen LogP) is 6.02. The van der Waals surface area contributed by atoms with Crippen LogP contribution in [0, 0.1) is 19.4 Å². The third-order valence-electron chi connectivity index (χ3n) is 7.50. The quantitative estimate of drug-likeness (QED) is 0.198. The van der Waals surface area contributed by atoms with Gasteiger partial charge < -0.3 is 25.0 Å². The summed E-state index contributed by atoms with van der Waals surface area (Å²) in [7, 11) is 3.47. The number of methoxy groups -OCH3 is 1. The van der Waals surface area contributed by atoms with E-state index in [1.165, 1.54) is 11.1 Å². The Labute approximate surface area is 231 Å². The molecule has 0 aliphatic carbocycles. The Balaban J connectivity index is 1.71. The Kier molecular flexibility index (Phi) is 8.59. The van der Waals surface area contributed by atoms with Crippen LogP contribution in [0.15, 0.2) is 53.6 Å². The summed E-state index contributed by atoms with van der Waals surface area (Å²) in [4.78, 5) is 2.39. The van der Waals surface area contributed by atoms with Gasteiger partial charge in [-0.2, -0.15) is 5.11 Å². The van der Waals surface area contributed by atoms with Gasteiger partial charge in [-0.05, 0) is 79.8 Å². The Morgan fingerprint density at radius 3 is 2.56 bits per heavy atom. The molecule has 208 valence electrons. The van der Waals surface area contributed by atoms with Crippen molar-refractivity contribution in [2.24, 2.45) is 5.11 Å². The first kappa shape index (κ1) is 28.5. The van der Waals surface area contributed by atoms with E-state index in [1.807, 2.05) is 37.3 Å². The molecular weight excluding hydrogens is 492 g/mol. The minimum atomic E-state index is -1.48. The number of anilines is 1. The molecule has 4 rings (SSSR count). The van der Waals surface area contributed by atoms with Crippen LogP contribution < -0.4 is 14.8 Å². The van der Waals surface area contributed by atoms with Crippen LogP contribution in [0.2, 0.25) is 0 Å². The van der Waals surface area contributed by atoms with Gasteiger partial charge >= 0.3 is 0 Å². The minimum Gasteiger partial charge on any atom is -0.497 e. The van der Waals surface area contributed by atoms with Crippen LogP contribution in [0.1, 0.15) is 59.6 Å². The molecule has 1 aliphatic heterocycles. The molecule has 1 atom stereocenters. The largest absolute Gasteiger partial charge is 0.497 e. The van der Waals surface area contributed by atoms with Crippen LogP contribution in [0.25, 0.3) is 0 Å². The molecule has 0 saturated carbocycles. The van der Waals surface area contributed by atoms with Crippen molar-refractivity contribution < 1.29 is 19.7 Å². The molecule has 0 fully saturated rings. The van der Waals surface area contributed by atoms with Crippen molar-refractivity contribution in [2.75, 3.05) is 26.0 Å². The highest BCUT2D eigenvalue weighted by molar-refractivity contribution is 5.71. The van der Waals surface area contributed by atoms with Crippen LogP contribution in [0.3, 0.4) is 0 Å². The van der Waals surface area contributed by atoms with Crippen LogP contribution in [0.4, 0.5) is 11.4 Å². The molecule has 3 aromatic rings. The van der Waals surface area contributed by atoms with E-state index in [-0.39, 0.29) is 17.9 Å². The maximum Gasteiger partial charge on any atom is 0.152 e. The van der Waals surface area contributed by atoms with E-state index < -0.39 is 6.29 Å². The first-order valence-electron chi connectivity index (χ1n) is 13.3. The van der Waals surface area contributed by atoms with Crippen molar-refractivity contribution in [3.8, 4) is 11.5 Å². The maximum atomic E-state index is 10.0. The molecule has 0 aromatic heterocycles. The van der Waals surface area contributed by atoms with Gasteiger partial charge in [0.2, 0.25) is 0 Å². The molecule has 39 heavy (non-hydrogen) atoms. The molecule has 0 bridgehead atoms. The topological polar surface area (TPSA) is 110 Å². The fourth-order valence-electron chi connectivity index (χ4n) is 5.59. The Bertz CT molecular complexity index is 1340. The molecule has 8 heteroatoms. The van der Waals surface area contributed by atoms with Gasteiger partial charge in [-0.25, -0.2) is 5.53 Å². The second-order valence-corrected chi connectivity index (χ2v) is 11.0. The van der Waals surface area contributed by atoms with E-state index in [4.69, 9.17) is 15.0 Å². The van der Waals surface area contributed by atoms with Crippen molar-refractivity contribution in [2.45, 2.75) is 65.0 Å².